The van der Waals surface area contributed by atoms with Gasteiger partial charge in [-0.3, -0.25) is 0 Å². The second-order valence-corrected chi connectivity index (χ2v) is 9.12. The second-order valence-electron chi connectivity index (χ2n) is 6.01. The summed E-state index contributed by atoms with van der Waals surface area (Å²) in [5.41, 5.74) is 1.26. The van der Waals surface area contributed by atoms with Gasteiger partial charge in [0.15, 0.2) is 21.5 Å². The van der Waals surface area contributed by atoms with Gasteiger partial charge >= 0.3 is 0 Å². The third kappa shape index (κ3) is 5.05. The number of sulfone groups is 1. The molecule has 0 bridgehead atoms. The normalized spacial score (nSPS) is 13.0. The van der Waals surface area contributed by atoms with E-state index in [-0.39, 0.29) is 4.90 Å². The average Bonchev–Trinajstić information content (AvgIpc) is 2.58. The molecule has 0 fully saturated rings. The lowest BCUT2D eigenvalue weighted by Gasteiger charge is -2.19. The Morgan fingerprint density at radius 3 is 2.28 bits per heavy atom. The first-order valence-corrected chi connectivity index (χ1v) is 11.0. The van der Waals surface area contributed by atoms with Crippen LogP contribution in [0.15, 0.2) is 47.4 Å². The van der Waals surface area contributed by atoms with E-state index < -0.39 is 26.7 Å². The van der Waals surface area contributed by atoms with Crippen LogP contribution in [0.5, 0.6) is 0 Å². The largest absolute Gasteiger partial charge is 0.223 e. The third-order valence-electron chi connectivity index (χ3n) is 4.10. The summed E-state index contributed by atoms with van der Waals surface area (Å²) in [7, 11) is -3.68. The Morgan fingerprint density at radius 1 is 1.00 bits per heavy atom. The minimum atomic E-state index is -3.68. The predicted molar refractivity (Wildman–Crippen MR) is 99.7 cm³/mol. The zero-order chi connectivity index (χ0) is 18.4. The van der Waals surface area contributed by atoms with Crippen molar-refractivity contribution in [2.75, 3.05) is 12.0 Å². The van der Waals surface area contributed by atoms with Crippen LogP contribution in [0.25, 0.3) is 0 Å². The molecule has 0 heterocycles. The molecule has 0 amide bonds. The summed E-state index contributed by atoms with van der Waals surface area (Å²) < 4.78 is 53.1. The molecule has 136 valence electrons. The van der Waals surface area contributed by atoms with E-state index in [2.05, 4.69) is 0 Å². The molecular formula is C19H22F2O2S2. The Hall–Kier alpha value is -1.40. The highest BCUT2D eigenvalue weighted by atomic mass is 32.2. The van der Waals surface area contributed by atoms with Crippen molar-refractivity contribution in [3.63, 3.8) is 0 Å². The second kappa shape index (κ2) is 8.81. The van der Waals surface area contributed by atoms with Gasteiger partial charge in [-0.05, 0) is 61.6 Å². The van der Waals surface area contributed by atoms with E-state index >= 15 is 0 Å². The maximum atomic E-state index is 13.7. The van der Waals surface area contributed by atoms with Crippen molar-refractivity contribution in [1.82, 2.24) is 0 Å². The minimum absolute atomic E-state index is 0.206. The van der Waals surface area contributed by atoms with Crippen molar-refractivity contribution in [2.24, 2.45) is 0 Å². The molecule has 0 N–H and O–H groups in total. The number of halogens is 2. The molecule has 0 spiro atoms. The Balaban J connectivity index is 2.38. The van der Waals surface area contributed by atoms with Gasteiger partial charge in [0, 0.05) is 0 Å². The average molecular weight is 385 g/mol. The Morgan fingerprint density at radius 2 is 1.68 bits per heavy atom. The topological polar surface area (TPSA) is 34.1 Å². The van der Waals surface area contributed by atoms with E-state index in [9.17, 15) is 17.2 Å². The van der Waals surface area contributed by atoms with Gasteiger partial charge in [-0.25, -0.2) is 17.2 Å². The van der Waals surface area contributed by atoms with E-state index in [0.29, 0.717) is 18.4 Å². The fourth-order valence-electron chi connectivity index (χ4n) is 2.68. The number of rotatable bonds is 8. The zero-order valence-electron chi connectivity index (χ0n) is 14.3. The van der Waals surface area contributed by atoms with Crippen LogP contribution in [0, 0.1) is 18.6 Å². The standard InChI is InChI=1S/C19H22F2O2S2/c1-14-6-9-16(10-7-14)25(22,23)19(5-3-4-12-24-2)15-8-11-17(20)18(21)13-15/h6-11,13,19H,3-5,12H2,1-2H3. The summed E-state index contributed by atoms with van der Waals surface area (Å²) in [4.78, 5) is 0.206. The van der Waals surface area contributed by atoms with Gasteiger partial charge in [0.2, 0.25) is 0 Å². The first-order valence-electron chi connectivity index (χ1n) is 8.10. The molecule has 1 unspecified atom stereocenters. The highest BCUT2D eigenvalue weighted by molar-refractivity contribution is 7.98. The van der Waals surface area contributed by atoms with Gasteiger partial charge < -0.3 is 0 Å². The van der Waals surface area contributed by atoms with Crippen LogP contribution in [0.3, 0.4) is 0 Å². The highest BCUT2D eigenvalue weighted by Crippen LogP contribution is 2.34. The van der Waals surface area contributed by atoms with Crippen molar-refractivity contribution < 1.29 is 17.2 Å². The van der Waals surface area contributed by atoms with Gasteiger partial charge in [-0.1, -0.05) is 30.2 Å². The molecule has 25 heavy (non-hydrogen) atoms. The summed E-state index contributed by atoms with van der Waals surface area (Å²) in [6, 6.07) is 9.97. The lowest BCUT2D eigenvalue weighted by Crippen LogP contribution is -2.15. The minimum Gasteiger partial charge on any atom is -0.223 e. The molecule has 0 saturated heterocycles. The molecule has 2 aromatic rings. The Bertz CT molecular complexity index is 803. The summed E-state index contributed by atoms with van der Waals surface area (Å²) >= 11 is 1.70. The maximum Gasteiger partial charge on any atom is 0.185 e. The molecule has 2 aromatic carbocycles. The number of thioether (sulfide) groups is 1. The van der Waals surface area contributed by atoms with Crippen molar-refractivity contribution in [3.05, 3.63) is 65.2 Å². The SMILES string of the molecule is CSCCCCC(c1ccc(F)c(F)c1)S(=O)(=O)c1ccc(C)cc1. The quantitative estimate of drug-likeness (QED) is 0.578. The lowest BCUT2D eigenvalue weighted by atomic mass is 10.1. The van der Waals surface area contributed by atoms with Crippen molar-refractivity contribution in [2.45, 2.75) is 36.3 Å². The molecule has 0 aliphatic rings. The van der Waals surface area contributed by atoms with Crippen molar-refractivity contribution >= 4 is 21.6 Å². The number of hydrogen-bond donors (Lipinski definition) is 0. The zero-order valence-corrected chi connectivity index (χ0v) is 16.0. The van der Waals surface area contributed by atoms with Crippen LogP contribution in [0.2, 0.25) is 0 Å². The fraction of sp³-hybridized carbons (Fsp3) is 0.368. The molecule has 0 radical (unpaired) electrons. The predicted octanol–water partition coefficient (Wildman–Crippen LogP) is 5.32. The molecule has 2 rings (SSSR count). The van der Waals surface area contributed by atoms with Gasteiger partial charge in [-0.2, -0.15) is 11.8 Å². The molecule has 1 atom stereocenters. The number of unbranched alkanes of at least 4 members (excludes halogenated alkanes) is 1. The lowest BCUT2D eigenvalue weighted by molar-refractivity contribution is 0.505. The number of aryl methyl sites for hydroxylation is 1. The molecule has 0 saturated carbocycles. The Labute approximate surface area is 152 Å². The van der Waals surface area contributed by atoms with E-state index in [1.54, 1.807) is 36.0 Å². The summed E-state index contributed by atoms with van der Waals surface area (Å²) in [5, 5.41) is -0.882. The number of hydrogen-bond acceptors (Lipinski definition) is 3. The van der Waals surface area contributed by atoms with E-state index in [4.69, 9.17) is 0 Å². The first kappa shape index (κ1) is 19.9. The van der Waals surface area contributed by atoms with Crippen LogP contribution in [-0.4, -0.2) is 20.4 Å². The molecule has 6 heteroatoms. The highest BCUT2D eigenvalue weighted by Gasteiger charge is 2.29. The van der Waals surface area contributed by atoms with Crippen molar-refractivity contribution in [1.29, 1.82) is 0 Å². The van der Waals surface area contributed by atoms with Crippen LogP contribution >= 0.6 is 11.8 Å². The van der Waals surface area contributed by atoms with E-state index in [0.717, 1.165) is 29.9 Å². The molecule has 2 nitrogen and oxygen atoms in total. The number of benzene rings is 2. The summed E-state index contributed by atoms with van der Waals surface area (Å²) in [6.07, 6.45) is 3.96. The summed E-state index contributed by atoms with van der Waals surface area (Å²) in [5.74, 6) is -1.06. The van der Waals surface area contributed by atoms with Gasteiger partial charge in [0.05, 0.1) is 10.1 Å². The fourth-order valence-corrected chi connectivity index (χ4v) is 5.00. The van der Waals surface area contributed by atoms with Crippen LogP contribution < -0.4 is 0 Å². The molecule has 0 aromatic heterocycles. The summed E-state index contributed by atoms with van der Waals surface area (Å²) in [6.45, 7) is 1.88. The monoisotopic (exact) mass is 384 g/mol. The smallest absolute Gasteiger partial charge is 0.185 e. The van der Waals surface area contributed by atoms with E-state index in [1.807, 2.05) is 13.2 Å². The van der Waals surface area contributed by atoms with Crippen LogP contribution in [0.4, 0.5) is 8.78 Å². The van der Waals surface area contributed by atoms with Crippen LogP contribution in [0.1, 0.15) is 35.6 Å². The van der Waals surface area contributed by atoms with Gasteiger partial charge in [0.25, 0.3) is 0 Å². The van der Waals surface area contributed by atoms with Crippen LogP contribution in [-0.2, 0) is 9.84 Å². The van der Waals surface area contributed by atoms with Gasteiger partial charge in [0.1, 0.15) is 0 Å². The van der Waals surface area contributed by atoms with Gasteiger partial charge in [-0.15, -0.1) is 0 Å². The molecule has 0 aliphatic heterocycles. The first-order chi connectivity index (χ1) is 11.9. The maximum absolute atomic E-state index is 13.7. The van der Waals surface area contributed by atoms with Crippen molar-refractivity contribution in [3.8, 4) is 0 Å². The third-order valence-corrected chi connectivity index (χ3v) is 6.99. The van der Waals surface area contributed by atoms with E-state index in [1.165, 1.54) is 6.07 Å². The molecular weight excluding hydrogens is 362 g/mol. The molecule has 0 aliphatic carbocycles. The Kier molecular flexibility index (Phi) is 7.02.